The summed E-state index contributed by atoms with van der Waals surface area (Å²) in [5, 5.41) is 10.0. The average molecular weight is 343 g/mol. The summed E-state index contributed by atoms with van der Waals surface area (Å²) in [6.45, 7) is 1.42. The van der Waals surface area contributed by atoms with E-state index in [0.29, 0.717) is 4.47 Å². The molecule has 0 aliphatic rings. The van der Waals surface area contributed by atoms with E-state index in [1.54, 1.807) is 0 Å². The molecule has 0 radical (unpaired) electrons. The summed E-state index contributed by atoms with van der Waals surface area (Å²) in [5.74, 6) is -0.473. The Hall–Kier alpha value is -0.620. The molecule has 1 nitrogen and oxygen atoms in total. The van der Waals surface area contributed by atoms with Gasteiger partial charge in [0.2, 0.25) is 0 Å². The molecule has 1 aromatic rings. The molecule has 0 aromatic heterocycles. The smallest absolute Gasteiger partial charge is 0.389 e. The first-order valence-electron chi connectivity index (χ1n) is 5.82. The van der Waals surface area contributed by atoms with Crippen LogP contribution in [-0.2, 0) is 6.42 Å². The van der Waals surface area contributed by atoms with Crippen LogP contribution in [0.25, 0.3) is 0 Å². The molecule has 0 spiro atoms. The van der Waals surface area contributed by atoms with E-state index >= 15 is 0 Å². The van der Waals surface area contributed by atoms with Gasteiger partial charge in [0.25, 0.3) is 0 Å². The van der Waals surface area contributed by atoms with Crippen LogP contribution in [0.3, 0.4) is 0 Å². The van der Waals surface area contributed by atoms with Gasteiger partial charge in [0.15, 0.2) is 0 Å². The largest absolute Gasteiger partial charge is 0.390 e. The van der Waals surface area contributed by atoms with Gasteiger partial charge in [0, 0.05) is 17.3 Å². The normalized spacial score (nSPS) is 15.3. The van der Waals surface area contributed by atoms with Crippen LogP contribution < -0.4 is 0 Å². The Balaban J connectivity index is 2.61. The van der Waals surface area contributed by atoms with Crippen LogP contribution >= 0.6 is 15.9 Å². The van der Waals surface area contributed by atoms with Gasteiger partial charge >= 0.3 is 6.18 Å². The fourth-order valence-electron chi connectivity index (χ4n) is 1.85. The number of rotatable bonds is 5. The Labute approximate surface area is 117 Å². The fraction of sp³-hybridized carbons (Fsp3) is 0.538. The van der Waals surface area contributed by atoms with Gasteiger partial charge in [-0.05, 0) is 43.5 Å². The third-order valence-electron chi connectivity index (χ3n) is 2.75. The van der Waals surface area contributed by atoms with Crippen LogP contribution in [0.1, 0.15) is 31.7 Å². The van der Waals surface area contributed by atoms with E-state index in [1.165, 1.54) is 25.1 Å². The number of hydrogen-bond donors (Lipinski definition) is 1. The van der Waals surface area contributed by atoms with E-state index in [4.69, 9.17) is 0 Å². The Kier molecular flexibility index (Phi) is 5.38. The van der Waals surface area contributed by atoms with Crippen molar-refractivity contribution in [1.82, 2.24) is 0 Å². The van der Waals surface area contributed by atoms with Crippen molar-refractivity contribution in [2.24, 2.45) is 0 Å². The van der Waals surface area contributed by atoms with Gasteiger partial charge in [-0.25, -0.2) is 4.39 Å². The molecule has 0 fully saturated rings. The number of aliphatic hydroxyl groups is 1. The molecule has 108 valence electrons. The lowest BCUT2D eigenvalue weighted by molar-refractivity contribution is -0.137. The van der Waals surface area contributed by atoms with Crippen LogP contribution in [0.4, 0.5) is 17.6 Å². The summed E-state index contributed by atoms with van der Waals surface area (Å²) in [5.41, 5.74) is -1.07. The minimum Gasteiger partial charge on any atom is -0.390 e. The standard InChI is InChI=1S/C13H15BrF4O/c1-12(19,5-2-6-13(16,17)18)8-9-7-10(14)3-4-11(9)15/h3-4,7,19H,2,5-6,8H2,1H3. The molecule has 1 unspecified atom stereocenters. The molecule has 0 aliphatic heterocycles. The van der Waals surface area contributed by atoms with E-state index in [-0.39, 0.29) is 24.8 Å². The predicted molar refractivity (Wildman–Crippen MR) is 68.3 cm³/mol. The summed E-state index contributed by atoms with van der Waals surface area (Å²) in [7, 11) is 0. The highest BCUT2D eigenvalue weighted by atomic mass is 79.9. The minimum atomic E-state index is -4.23. The Morgan fingerprint density at radius 3 is 2.42 bits per heavy atom. The lowest BCUT2D eigenvalue weighted by atomic mass is 9.91. The van der Waals surface area contributed by atoms with Crippen molar-refractivity contribution in [3.63, 3.8) is 0 Å². The van der Waals surface area contributed by atoms with Crippen LogP contribution in [0.2, 0.25) is 0 Å². The molecule has 0 aliphatic carbocycles. The van der Waals surface area contributed by atoms with Crippen LogP contribution in [0, 0.1) is 5.82 Å². The number of alkyl halides is 3. The van der Waals surface area contributed by atoms with Crippen molar-refractivity contribution in [3.05, 3.63) is 34.1 Å². The third kappa shape index (κ3) is 6.38. The zero-order valence-electron chi connectivity index (χ0n) is 10.4. The lowest BCUT2D eigenvalue weighted by Crippen LogP contribution is -2.28. The quantitative estimate of drug-likeness (QED) is 0.774. The zero-order valence-corrected chi connectivity index (χ0v) is 12.0. The predicted octanol–water partition coefficient (Wildman–Crippen LogP) is 4.61. The Morgan fingerprint density at radius 1 is 1.21 bits per heavy atom. The number of benzene rings is 1. The van der Waals surface area contributed by atoms with E-state index < -0.39 is 24.0 Å². The molecule has 19 heavy (non-hydrogen) atoms. The monoisotopic (exact) mass is 342 g/mol. The first kappa shape index (κ1) is 16.4. The van der Waals surface area contributed by atoms with Gasteiger partial charge in [-0.3, -0.25) is 0 Å². The van der Waals surface area contributed by atoms with Crippen molar-refractivity contribution in [3.8, 4) is 0 Å². The molecule has 0 saturated carbocycles. The first-order chi connectivity index (χ1) is 8.59. The van der Waals surface area contributed by atoms with E-state index in [0.717, 1.165) is 0 Å². The maximum atomic E-state index is 13.5. The molecular formula is C13H15BrF4O. The van der Waals surface area contributed by atoms with Gasteiger partial charge in [-0.2, -0.15) is 13.2 Å². The SMILES string of the molecule is CC(O)(CCCC(F)(F)F)Cc1cc(Br)ccc1F. The molecule has 1 aromatic carbocycles. The lowest BCUT2D eigenvalue weighted by Gasteiger charge is -2.24. The van der Waals surface area contributed by atoms with Gasteiger partial charge in [-0.1, -0.05) is 15.9 Å². The summed E-state index contributed by atoms with van der Waals surface area (Å²) >= 11 is 3.19. The highest BCUT2D eigenvalue weighted by molar-refractivity contribution is 9.10. The summed E-state index contributed by atoms with van der Waals surface area (Å²) in [4.78, 5) is 0. The van der Waals surface area contributed by atoms with Gasteiger partial charge in [0.05, 0.1) is 5.60 Å². The molecule has 0 heterocycles. The second-order valence-electron chi connectivity index (χ2n) is 4.88. The fourth-order valence-corrected chi connectivity index (χ4v) is 2.26. The molecule has 1 N–H and O–H groups in total. The zero-order chi connectivity index (χ0) is 14.7. The average Bonchev–Trinajstić information content (AvgIpc) is 2.20. The van der Waals surface area contributed by atoms with Gasteiger partial charge in [0.1, 0.15) is 5.82 Å². The van der Waals surface area contributed by atoms with Crippen LogP contribution in [0.15, 0.2) is 22.7 Å². The molecule has 0 amide bonds. The van der Waals surface area contributed by atoms with Crippen LogP contribution in [-0.4, -0.2) is 16.9 Å². The van der Waals surface area contributed by atoms with Crippen molar-refractivity contribution >= 4 is 15.9 Å². The Bertz CT molecular complexity index is 429. The second-order valence-corrected chi connectivity index (χ2v) is 5.79. The van der Waals surface area contributed by atoms with E-state index in [1.807, 2.05) is 0 Å². The topological polar surface area (TPSA) is 20.2 Å². The molecule has 1 atom stereocenters. The van der Waals surface area contributed by atoms with Crippen LogP contribution in [0.5, 0.6) is 0 Å². The number of halogens is 5. The summed E-state index contributed by atoms with van der Waals surface area (Å²) in [6, 6.07) is 4.30. The minimum absolute atomic E-state index is 0.0177. The maximum absolute atomic E-state index is 13.5. The highest BCUT2D eigenvalue weighted by Gasteiger charge is 2.29. The number of hydrogen-bond acceptors (Lipinski definition) is 1. The van der Waals surface area contributed by atoms with E-state index in [9.17, 15) is 22.7 Å². The molecule has 1 rings (SSSR count). The molecule has 0 saturated heterocycles. The van der Waals surface area contributed by atoms with Crippen molar-refractivity contribution < 1.29 is 22.7 Å². The van der Waals surface area contributed by atoms with Gasteiger partial charge in [-0.15, -0.1) is 0 Å². The van der Waals surface area contributed by atoms with E-state index in [2.05, 4.69) is 15.9 Å². The molecular weight excluding hydrogens is 328 g/mol. The molecule has 6 heteroatoms. The van der Waals surface area contributed by atoms with Crippen molar-refractivity contribution in [2.45, 2.75) is 44.4 Å². The molecule has 0 bridgehead atoms. The van der Waals surface area contributed by atoms with Crippen molar-refractivity contribution in [2.75, 3.05) is 0 Å². The third-order valence-corrected chi connectivity index (χ3v) is 3.25. The summed E-state index contributed by atoms with van der Waals surface area (Å²) in [6.07, 6.45) is -5.39. The second kappa shape index (κ2) is 6.22. The maximum Gasteiger partial charge on any atom is 0.389 e. The van der Waals surface area contributed by atoms with Crippen molar-refractivity contribution in [1.29, 1.82) is 0 Å². The Morgan fingerprint density at radius 2 is 1.84 bits per heavy atom. The van der Waals surface area contributed by atoms with Gasteiger partial charge < -0.3 is 5.11 Å². The highest BCUT2D eigenvalue weighted by Crippen LogP contribution is 2.27. The first-order valence-corrected chi connectivity index (χ1v) is 6.61. The summed E-state index contributed by atoms with van der Waals surface area (Å²) < 4.78 is 50.2.